The van der Waals surface area contributed by atoms with Crippen molar-refractivity contribution in [3.63, 3.8) is 0 Å². The molecule has 0 bridgehead atoms. The van der Waals surface area contributed by atoms with Crippen molar-refractivity contribution in [2.24, 2.45) is 5.92 Å². The molecular weight excluding hydrogens is 346 g/mol. The molecule has 7 nitrogen and oxygen atoms in total. The predicted octanol–water partition coefficient (Wildman–Crippen LogP) is 3.62. The van der Waals surface area contributed by atoms with E-state index < -0.39 is 0 Å². The van der Waals surface area contributed by atoms with E-state index >= 15 is 0 Å². The van der Waals surface area contributed by atoms with Crippen LogP contribution in [0.25, 0.3) is 11.3 Å². The minimum Gasteiger partial charge on any atom is -0.464 e. The van der Waals surface area contributed by atoms with Gasteiger partial charge in [0.25, 0.3) is 0 Å². The maximum absolute atomic E-state index is 12.4. The number of nitrogens with one attached hydrogen (secondary N) is 2. The van der Waals surface area contributed by atoms with Gasteiger partial charge in [0.15, 0.2) is 0 Å². The number of hydrogen-bond acceptors (Lipinski definition) is 5. The first-order chi connectivity index (χ1) is 13.2. The lowest BCUT2D eigenvalue weighted by molar-refractivity contribution is 0.181. The average Bonchev–Trinajstić information content (AvgIpc) is 3.40. The Labute approximate surface area is 156 Å². The van der Waals surface area contributed by atoms with Crippen molar-refractivity contribution in [1.82, 2.24) is 10.5 Å². The van der Waals surface area contributed by atoms with Gasteiger partial charge in [-0.2, -0.15) is 0 Å². The normalized spacial score (nSPS) is 19.1. The minimum atomic E-state index is -0.255. The van der Waals surface area contributed by atoms with E-state index in [9.17, 15) is 4.79 Å². The van der Waals surface area contributed by atoms with E-state index in [0.717, 1.165) is 22.8 Å². The summed E-state index contributed by atoms with van der Waals surface area (Å²) in [4.78, 5) is 12.4. The van der Waals surface area contributed by atoms with Crippen molar-refractivity contribution in [2.45, 2.75) is 19.4 Å². The molecule has 1 fully saturated rings. The Kier molecular flexibility index (Phi) is 4.93. The van der Waals surface area contributed by atoms with Crippen molar-refractivity contribution in [2.75, 3.05) is 18.5 Å². The van der Waals surface area contributed by atoms with Crippen LogP contribution in [0.3, 0.4) is 0 Å². The Morgan fingerprint density at radius 3 is 2.78 bits per heavy atom. The number of urea groups is 1. The van der Waals surface area contributed by atoms with Crippen LogP contribution in [0.5, 0.6) is 0 Å². The van der Waals surface area contributed by atoms with Gasteiger partial charge in [0.1, 0.15) is 11.5 Å². The van der Waals surface area contributed by atoms with Crippen LogP contribution in [0.15, 0.2) is 57.7 Å². The fourth-order valence-corrected chi connectivity index (χ4v) is 3.23. The zero-order chi connectivity index (χ0) is 18.6. The fourth-order valence-electron chi connectivity index (χ4n) is 3.23. The molecule has 0 unspecified atom stereocenters. The molecule has 140 valence electrons. The molecule has 7 heteroatoms. The molecule has 4 rings (SSSR count). The van der Waals surface area contributed by atoms with Crippen molar-refractivity contribution in [3.05, 3.63) is 60.2 Å². The Hall–Kier alpha value is -3.06. The highest BCUT2D eigenvalue weighted by molar-refractivity contribution is 5.89. The number of anilines is 1. The summed E-state index contributed by atoms with van der Waals surface area (Å²) >= 11 is 0. The first-order valence-corrected chi connectivity index (χ1v) is 8.89. The number of ether oxygens (including phenoxy) is 1. The topological polar surface area (TPSA) is 89.5 Å². The van der Waals surface area contributed by atoms with Crippen molar-refractivity contribution in [1.29, 1.82) is 0 Å². The Balaban J connectivity index is 1.33. The second kappa shape index (κ2) is 7.67. The number of rotatable bonds is 5. The number of hydrogen-bond donors (Lipinski definition) is 2. The summed E-state index contributed by atoms with van der Waals surface area (Å²) in [7, 11) is 0. The van der Waals surface area contributed by atoms with E-state index in [-0.39, 0.29) is 18.0 Å². The van der Waals surface area contributed by atoms with Crippen LogP contribution in [0, 0.1) is 12.8 Å². The van der Waals surface area contributed by atoms with Crippen LogP contribution < -0.4 is 10.6 Å². The number of benzene rings is 1. The van der Waals surface area contributed by atoms with Gasteiger partial charge in [0, 0.05) is 29.7 Å². The smallest absolute Gasteiger partial charge is 0.319 e. The number of nitrogens with zero attached hydrogens (tertiary/aromatic N) is 1. The predicted molar refractivity (Wildman–Crippen MR) is 99.3 cm³/mol. The van der Waals surface area contributed by atoms with Crippen LogP contribution in [-0.4, -0.2) is 30.4 Å². The minimum absolute atomic E-state index is 0.0715. The zero-order valence-corrected chi connectivity index (χ0v) is 15.0. The van der Waals surface area contributed by atoms with Gasteiger partial charge in [0.2, 0.25) is 0 Å². The van der Waals surface area contributed by atoms with E-state index in [2.05, 4.69) is 15.8 Å². The molecule has 2 aromatic heterocycles. The van der Waals surface area contributed by atoms with E-state index in [0.29, 0.717) is 25.3 Å². The molecule has 2 N–H and O–H groups in total. The van der Waals surface area contributed by atoms with Crippen molar-refractivity contribution < 1.29 is 18.5 Å². The summed E-state index contributed by atoms with van der Waals surface area (Å²) in [5, 5.41) is 9.75. The molecule has 0 aliphatic carbocycles. The molecule has 1 aromatic carbocycles. The highest BCUT2D eigenvalue weighted by atomic mass is 16.5. The number of aromatic nitrogens is 1. The first-order valence-electron chi connectivity index (χ1n) is 8.89. The molecule has 2 atom stereocenters. The van der Waals surface area contributed by atoms with E-state index in [4.69, 9.17) is 13.7 Å². The van der Waals surface area contributed by atoms with Gasteiger partial charge >= 0.3 is 6.03 Å². The van der Waals surface area contributed by atoms with Gasteiger partial charge in [0.05, 0.1) is 31.2 Å². The van der Waals surface area contributed by atoms with Gasteiger partial charge in [-0.25, -0.2) is 4.79 Å². The monoisotopic (exact) mass is 367 g/mol. The number of carbonyl (C=O) groups excluding carboxylic acids is 1. The standard InChI is InChI=1S/C20H21N3O4/c1-13-9-17(27-23-13)10-15-11-25-12-18(15)22-20(24)21-16-6-4-14(5-7-16)19-3-2-8-26-19/h2-9,15,18H,10-12H2,1H3,(H2,21,22,24)/t15-,18+/m1/s1. The third-order valence-corrected chi connectivity index (χ3v) is 4.60. The van der Waals surface area contributed by atoms with Crippen LogP contribution in [0.1, 0.15) is 11.5 Å². The third-order valence-electron chi connectivity index (χ3n) is 4.60. The van der Waals surface area contributed by atoms with Gasteiger partial charge < -0.3 is 24.3 Å². The number of furan rings is 1. The molecule has 0 saturated carbocycles. The van der Waals surface area contributed by atoms with E-state index in [1.54, 1.807) is 6.26 Å². The third kappa shape index (κ3) is 4.20. The molecule has 2 amide bonds. The van der Waals surface area contributed by atoms with E-state index in [1.165, 1.54) is 0 Å². The summed E-state index contributed by atoms with van der Waals surface area (Å²) in [6, 6.07) is 12.8. The molecule has 3 aromatic rings. The summed E-state index contributed by atoms with van der Waals surface area (Å²) in [6.07, 6.45) is 2.32. The van der Waals surface area contributed by atoms with Crippen LogP contribution in [-0.2, 0) is 11.2 Å². The summed E-state index contributed by atoms with van der Waals surface area (Å²) < 4.78 is 16.2. The Bertz CT molecular complexity index is 886. The lowest BCUT2D eigenvalue weighted by Gasteiger charge is -2.18. The average molecular weight is 367 g/mol. The maximum Gasteiger partial charge on any atom is 0.319 e. The van der Waals surface area contributed by atoms with Gasteiger partial charge in [-0.15, -0.1) is 0 Å². The molecule has 0 spiro atoms. The molecular formula is C20H21N3O4. The second-order valence-electron chi connectivity index (χ2n) is 6.70. The lowest BCUT2D eigenvalue weighted by Crippen LogP contribution is -2.42. The summed E-state index contributed by atoms with van der Waals surface area (Å²) in [6.45, 7) is 2.96. The zero-order valence-electron chi connectivity index (χ0n) is 15.0. The molecule has 3 heterocycles. The van der Waals surface area contributed by atoms with E-state index in [1.807, 2.05) is 49.4 Å². The second-order valence-corrected chi connectivity index (χ2v) is 6.70. The Morgan fingerprint density at radius 2 is 2.07 bits per heavy atom. The molecule has 1 aliphatic heterocycles. The van der Waals surface area contributed by atoms with Gasteiger partial charge in [-0.05, 0) is 43.3 Å². The van der Waals surface area contributed by atoms with Crippen LogP contribution in [0.2, 0.25) is 0 Å². The van der Waals surface area contributed by atoms with Crippen LogP contribution in [0.4, 0.5) is 10.5 Å². The molecule has 1 saturated heterocycles. The highest BCUT2D eigenvalue weighted by Gasteiger charge is 2.30. The molecule has 0 radical (unpaired) electrons. The maximum atomic E-state index is 12.4. The first kappa shape index (κ1) is 17.4. The molecule has 1 aliphatic rings. The number of carbonyl (C=O) groups is 1. The SMILES string of the molecule is Cc1cc(C[C@@H]2COC[C@@H]2NC(=O)Nc2ccc(-c3ccco3)cc2)on1. The van der Waals surface area contributed by atoms with Crippen molar-refractivity contribution >= 4 is 11.7 Å². The van der Waals surface area contributed by atoms with Gasteiger partial charge in [-0.1, -0.05) is 5.16 Å². The van der Waals surface area contributed by atoms with Crippen molar-refractivity contribution in [3.8, 4) is 11.3 Å². The lowest BCUT2D eigenvalue weighted by atomic mass is 9.98. The Morgan fingerprint density at radius 1 is 1.22 bits per heavy atom. The molecule has 27 heavy (non-hydrogen) atoms. The quantitative estimate of drug-likeness (QED) is 0.719. The number of amides is 2. The van der Waals surface area contributed by atoms with Gasteiger partial charge in [-0.3, -0.25) is 0 Å². The largest absolute Gasteiger partial charge is 0.464 e. The number of aryl methyl sites for hydroxylation is 1. The summed E-state index contributed by atoms with van der Waals surface area (Å²) in [5.74, 6) is 1.76. The summed E-state index contributed by atoms with van der Waals surface area (Å²) in [5.41, 5.74) is 2.52. The van der Waals surface area contributed by atoms with Crippen LogP contribution >= 0.6 is 0 Å². The fraction of sp³-hybridized carbons (Fsp3) is 0.300. The highest BCUT2D eigenvalue weighted by Crippen LogP contribution is 2.22.